The van der Waals surface area contributed by atoms with Crippen LogP contribution in [0.1, 0.15) is 4.88 Å². The first-order valence-electron chi connectivity index (χ1n) is 4.47. The lowest BCUT2D eigenvalue weighted by molar-refractivity contribution is 0.578. The molecule has 0 aliphatic heterocycles. The van der Waals surface area contributed by atoms with E-state index in [1.165, 1.54) is 17.3 Å². The molecule has 2 rings (SSSR count). The van der Waals surface area contributed by atoms with Gasteiger partial charge in [0, 0.05) is 18.0 Å². The van der Waals surface area contributed by atoms with E-state index in [0.29, 0.717) is 5.82 Å². The van der Waals surface area contributed by atoms with Crippen LogP contribution in [0.5, 0.6) is 0 Å². The lowest BCUT2D eigenvalue weighted by Crippen LogP contribution is -2.17. The quantitative estimate of drug-likeness (QED) is 0.748. The van der Waals surface area contributed by atoms with Crippen LogP contribution in [0.3, 0.4) is 0 Å². The molecule has 2 heterocycles. The Hall–Kier alpha value is -1.49. The summed E-state index contributed by atoms with van der Waals surface area (Å²) in [5.41, 5.74) is 0. The van der Waals surface area contributed by atoms with E-state index < -0.39 is 5.95 Å². The number of thiophene rings is 1. The highest BCUT2D eigenvalue weighted by Crippen LogP contribution is 2.15. The van der Waals surface area contributed by atoms with E-state index in [9.17, 15) is 4.39 Å². The summed E-state index contributed by atoms with van der Waals surface area (Å²) in [6.07, 6.45) is 1.23. The van der Waals surface area contributed by atoms with Crippen molar-refractivity contribution in [1.82, 2.24) is 9.97 Å². The third-order valence-corrected chi connectivity index (χ3v) is 2.84. The van der Waals surface area contributed by atoms with Gasteiger partial charge in [-0.25, -0.2) is 9.97 Å². The molecule has 0 bridgehead atoms. The molecule has 0 aliphatic carbocycles. The molecule has 0 amide bonds. The molecule has 15 heavy (non-hydrogen) atoms. The highest BCUT2D eigenvalue weighted by atomic mass is 32.1. The summed E-state index contributed by atoms with van der Waals surface area (Å²) < 4.78 is 12.8. The van der Waals surface area contributed by atoms with Crippen molar-refractivity contribution in [3.63, 3.8) is 0 Å². The lowest BCUT2D eigenvalue weighted by Gasteiger charge is -2.16. The molecule has 0 aromatic carbocycles. The summed E-state index contributed by atoms with van der Waals surface area (Å²) in [5.74, 6) is 0.0916. The fraction of sp³-hybridized carbons (Fsp3) is 0.200. The Labute approximate surface area is 91.2 Å². The molecule has 78 valence electrons. The van der Waals surface area contributed by atoms with Gasteiger partial charge >= 0.3 is 0 Å². The number of hydrogen-bond donors (Lipinski definition) is 0. The van der Waals surface area contributed by atoms with Gasteiger partial charge in [0.15, 0.2) is 0 Å². The minimum Gasteiger partial charge on any atom is -0.354 e. The predicted molar refractivity (Wildman–Crippen MR) is 58.4 cm³/mol. The Bertz CT molecular complexity index is 430. The Morgan fingerprint density at radius 3 is 3.00 bits per heavy atom. The maximum Gasteiger partial charge on any atom is 0.218 e. The molecule has 2 aromatic rings. The third-order valence-electron chi connectivity index (χ3n) is 1.98. The summed E-state index contributed by atoms with van der Waals surface area (Å²) >= 11 is 1.67. The molecule has 0 atom stereocenters. The van der Waals surface area contributed by atoms with Gasteiger partial charge in [0.25, 0.3) is 0 Å². The average Bonchev–Trinajstić information content (AvgIpc) is 2.70. The number of anilines is 1. The second-order valence-electron chi connectivity index (χ2n) is 3.13. The van der Waals surface area contributed by atoms with Crippen LogP contribution < -0.4 is 4.90 Å². The van der Waals surface area contributed by atoms with Gasteiger partial charge in [-0.3, -0.25) is 0 Å². The van der Waals surface area contributed by atoms with Crippen LogP contribution in [0.15, 0.2) is 29.9 Å². The predicted octanol–water partition coefficient (Wildman–Crippen LogP) is 2.31. The van der Waals surface area contributed by atoms with Crippen molar-refractivity contribution in [2.45, 2.75) is 6.54 Å². The fourth-order valence-corrected chi connectivity index (χ4v) is 2.01. The zero-order valence-electron chi connectivity index (χ0n) is 8.22. The van der Waals surface area contributed by atoms with Gasteiger partial charge in [0.05, 0.1) is 6.54 Å². The van der Waals surface area contributed by atoms with Gasteiger partial charge in [-0.05, 0) is 11.4 Å². The molecule has 0 saturated heterocycles. The molecule has 0 aliphatic rings. The first kappa shape index (κ1) is 10.0. The van der Waals surface area contributed by atoms with Crippen molar-refractivity contribution < 1.29 is 4.39 Å². The zero-order valence-corrected chi connectivity index (χ0v) is 9.04. The van der Waals surface area contributed by atoms with Crippen molar-refractivity contribution in [3.05, 3.63) is 40.7 Å². The van der Waals surface area contributed by atoms with E-state index in [1.54, 1.807) is 11.3 Å². The summed E-state index contributed by atoms with van der Waals surface area (Å²) in [4.78, 5) is 10.5. The number of halogens is 1. The van der Waals surface area contributed by atoms with E-state index in [2.05, 4.69) is 9.97 Å². The lowest BCUT2D eigenvalue weighted by atomic mass is 10.4. The molecule has 0 saturated carbocycles. The molecule has 0 spiro atoms. The first-order chi connectivity index (χ1) is 7.25. The third kappa shape index (κ3) is 2.50. The van der Waals surface area contributed by atoms with Gasteiger partial charge in [-0.1, -0.05) is 6.07 Å². The number of aromatic nitrogens is 2. The van der Waals surface area contributed by atoms with Gasteiger partial charge in [0.1, 0.15) is 12.1 Å². The maximum atomic E-state index is 12.8. The van der Waals surface area contributed by atoms with E-state index in [0.717, 1.165) is 6.54 Å². The second kappa shape index (κ2) is 4.35. The number of hydrogen-bond acceptors (Lipinski definition) is 4. The van der Waals surface area contributed by atoms with Crippen molar-refractivity contribution in [2.24, 2.45) is 0 Å². The largest absolute Gasteiger partial charge is 0.354 e. The van der Waals surface area contributed by atoms with Crippen LogP contribution in [-0.2, 0) is 6.54 Å². The van der Waals surface area contributed by atoms with Crippen LogP contribution >= 0.6 is 11.3 Å². The Morgan fingerprint density at radius 1 is 1.47 bits per heavy atom. The van der Waals surface area contributed by atoms with Crippen molar-refractivity contribution in [1.29, 1.82) is 0 Å². The summed E-state index contributed by atoms with van der Waals surface area (Å²) in [6.45, 7) is 0.730. The van der Waals surface area contributed by atoms with Crippen molar-refractivity contribution in [2.75, 3.05) is 11.9 Å². The molecule has 0 N–H and O–H groups in total. The smallest absolute Gasteiger partial charge is 0.218 e. The molecule has 0 radical (unpaired) electrons. The molecule has 0 unspecified atom stereocenters. The molecule has 0 fully saturated rings. The Kier molecular flexibility index (Phi) is 2.91. The Balaban J connectivity index is 2.11. The van der Waals surface area contributed by atoms with Crippen LogP contribution in [0, 0.1) is 5.95 Å². The van der Waals surface area contributed by atoms with Crippen LogP contribution in [-0.4, -0.2) is 17.0 Å². The summed E-state index contributed by atoms with van der Waals surface area (Å²) in [6, 6.07) is 5.36. The van der Waals surface area contributed by atoms with Gasteiger partial charge < -0.3 is 4.90 Å². The van der Waals surface area contributed by atoms with Gasteiger partial charge in [0.2, 0.25) is 5.95 Å². The molecular weight excluding hydrogens is 213 g/mol. The SMILES string of the molecule is CN(Cc1cccs1)c1cc(F)ncn1. The van der Waals surface area contributed by atoms with E-state index in [1.807, 2.05) is 29.5 Å². The molecule has 3 nitrogen and oxygen atoms in total. The summed E-state index contributed by atoms with van der Waals surface area (Å²) in [7, 11) is 1.88. The van der Waals surface area contributed by atoms with E-state index in [4.69, 9.17) is 0 Å². The normalized spacial score (nSPS) is 10.3. The second-order valence-corrected chi connectivity index (χ2v) is 4.17. The highest BCUT2D eigenvalue weighted by Gasteiger charge is 2.05. The van der Waals surface area contributed by atoms with Crippen molar-refractivity contribution >= 4 is 17.2 Å². The zero-order chi connectivity index (χ0) is 10.7. The van der Waals surface area contributed by atoms with E-state index in [-0.39, 0.29) is 0 Å². The topological polar surface area (TPSA) is 29.0 Å². The Morgan fingerprint density at radius 2 is 2.33 bits per heavy atom. The van der Waals surface area contributed by atoms with Gasteiger partial charge in [-0.15, -0.1) is 11.3 Å². The minimum atomic E-state index is -0.502. The average molecular weight is 223 g/mol. The first-order valence-corrected chi connectivity index (χ1v) is 5.35. The van der Waals surface area contributed by atoms with Crippen molar-refractivity contribution in [3.8, 4) is 0 Å². The van der Waals surface area contributed by atoms with Crippen LogP contribution in [0.2, 0.25) is 0 Å². The van der Waals surface area contributed by atoms with E-state index >= 15 is 0 Å². The standard InChI is InChI=1S/C10H10FN3S/c1-14(6-8-3-2-4-15-8)10-5-9(11)12-7-13-10/h2-5,7H,6H2,1H3. The number of rotatable bonds is 3. The van der Waals surface area contributed by atoms with Crippen LogP contribution in [0.25, 0.3) is 0 Å². The minimum absolute atomic E-state index is 0.502. The number of nitrogens with zero attached hydrogens (tertiary/aromatic N) is 3. The molecule has 5 heteroatoms. The van der Waals surface area contributed by atoms with Gasteiger partial charge in [-0.2, -0.15) is 4.39 Å². The molecular formula is C10H10FN3S. The monoisotopic (exact) mass is 223 g/mol. The highest BCUT2D eigenvalue weighted by molar-refractivity contribution is 7.09. The fourth-order valence-electron chi connectivity index (χ4n) is 1.25. The summed E-state index contributed by atoms with van der Waals surface area (Å²) in [5, 5.41) is 2.02. The molecule has 2 aromatic heterocycles. The maximum absolute atomic E-state index is 12.8. The van der Waals surface area contributed by atoms with Crippen LogP contribution in [0.4, 0.5) is 10.2 Å².